The minimum Gasteiger partial charge on any atom is -0.481 e. The van der Waals surface area contributed by atoms with Crippen LogP contribution in [0.3, 0.4) is 0 Å². The molecule has 2 unspecified atom stereocenters. The van der Waals surface area contributed by atoms with Crippen molar-refractivity contribution in [1.82, 2.24) is 15.3 Å². The van der Waals surface area contributed by atoms with Crippen LogP contribution in [0.25, 0.3) is 11.3 Å². The lowest BCUT2D eigenvalue weighted by atomic mass is 9.84. The Morgan fingerprint density at radius 3 is 2.95 bits per heavy atom. The smallest absolute Gasteiger partial charge is 0.212 e. The quantitative estimate of drug-likeness (QED) is 0.937. The summed E-state index contributed by atoms with van der Waals surface area (Å²) in [5.74, 6) is 3.21. The van der Waals surface area contributed by atoms with Crippen molar-refractivity contribution in [1.29, 1.82) is 0 Å². The highest BCUT2D eigenvalue weighted by atomic mass is 16.5. The molecular formula is C16H21N3O2. The summed E-state index contributed by atoms with van der Waals surface area (Å²) in [4.78, 5) is 8.70. The fourth-order valence-electron chi connectivity index (χ4n) is 2.93. The molecule has 2 atom stereocenters. The third-order valence-corrected chi connectivity index (χ3v) is 4.22. The lowest BCUT2D eigenvalue weighted by Crippen LogP contribution is -2.35. The van der Waals surface area contributed by atoms with E-state index in [-0.39, 0.29) is 0 Å². The number of aromatic nitrogens is 2. The van der Waals surface area contributed by atoms with Crippen LogP contribution in [0.5, 0.6) is 5.88 Å². The number of piperidine rings is 1. The molecule has 1 saturated heterocycles. The Bertz CT molecular complexity index is 579. The highest BCUT2D eigenvalue weighted by Gasteiger charge is 2.28. The third kappa shape index (κ3) is 2.93. The maximum atomic E-state index is 5.98. The van der Waals surface area contributed by atoms with Gasteiger partial charge in [0.15, 0.2) is 11.7 Å². The third-order valence-electron chi connectivity index (χ3n) is 4.22. The van der Waals surface area contributed by atoms with E-state index in [0.29, 0.717) is 17.7 Å². The van der Waals surface area contributed by atoms with E-state index in [2.05, 4.69) is 22.2 Å². The summed E-state index contributed by atoms with van der Waals surface area (Å²) in [6, 6.07) is 3.76. The van der Waals surface area contributed by atoms with Gasteiger partial charge in [-0.25, -0.2) is 9.97 Å². The van der Waals surface area contributed by atoms with Crippen LogP contribution in [0, 0.1) is 5.92 Å². The summed E-state index contributed by atoms with van der Waals surface area (Å²) in [7, 11) is 1.61. The van der Waals surface area contributed by atoms with Gasteiger partial charge in [0.05, 0.1) is 19.2 Å². The molecule has 2 aromatic rings. The topological polar surface area (TPSA) is 60.2 Å². The van der Waals surface area contributed by atoms with Crippen LogP contribution in [-0.4, -0.2) is 30.2 Å². The van der Waals surface area contributed by atoms with E-state index < -0.39 is 0 Å². The molecule has 5 nitrogen and oxygen atoms in total. The molecule has 1 N–H and O–H groups in total. The molecule has 0 spiro atoms. The molecule has 1 aliphatic heterocycles. The van der Waals surface area contributed by atoms with Gasteiger partial charge in [0.25, 0.3) is 0 Å². The van der Waals surface area contributed by atoms with Crippen LogP contribution >= 0.6 is 0 Å². The summed E-state index contributed by atoms with van der Waals surface area (Å²) in [6.07, 6.45) is 5.89. The summed E-state index contributed by atoms with van der Waals surface area (Å²) < 4.78 is 11.1. The summed E-state index contributed by atoms with van der Waals surface area (Å²) >= 11 is 0. The lowest BCUT2D eigenvalue weighted by molar-refractivity contribution is 0.275. The molecule has 0 saturated carbocycles. The van der Waals surface area contributed by atoms with Gasteiger partial charge in [-0.2, -0.15) is 0 Å². The number of nitrogens with one attached hydrogen (secondary N) is 1. The van der Waals surface area contributed by atoms with E-state index >= 15 is 0 Å². The van der Waals surface area contributed by atoms with Crippen LogP contribution in [0.15, 0.2) is 28.9 Å². The molecule has 0 radical (unpaired) electrons. The van der Waals surface area contributed by atoms with Gasteiger partial charge < -0.3 is 14.5 Å². The Morgan fingerprint density at radius 1 is 1.33 bits per heavy atom. The molecule has 2 aromatic heterocycles. The summed E-state index contributed by atoms with van der Waals surface area (Å²) in [5, 5.41) is 3.43. The van der Waals surface area contributed by atoms with Crippen molar-refractivity contribution in [2.45, 2.75) is 25.7 Å². The summed E-state index contributed by atoms with van der Waals surface area (Å²) in [5.41, 5.74) is 0.923. The first-order valence-corrected chi connectivity index (χ1v) is 7.48. The number of rotatable bonds is 4. The maximum Gasteiger partial charge on any atom is 0.212 e. The van der Waals surface area contributed by atoms with Gasteiger partial charge in [0.1, 0.15) is 0 Å². The SMILES string of the molecule is CCC1CCNCC1c1ncc(-c2ccc(OC)nc2)o1. The van der Waals surface area contributed by atoms with Crippen LogP contribution in [0.1, 0.15) is 31.6 Å². The highest BCUT2D eigenvalue weighted by Crippen LogP contribution is 2.33. The first kappa shape index (κ1) is 14.1. The highest BCUT2D eigenvalue weighted by molar-refractivity contribution is 5.55. The van der Waals surface area contributed by atoms with Crippen molar-refractivity contribution in [3.8, 4) is 17.2 Å². The van der Waals surface area contributed by atoms with Crippen LogP contribution < -0.4 is 10.1 Å². The van der Waals surface area contributed by atoms with E-state index in [1.807, 2.05) is 12.1 Å². The maximum absolute atomic E-state index is 5.98. The van der Waals surface area contributed by atoms with Crippen molar-refractivity contribution < 1.29 is 9.15 Å². The molecule has 112 valence electrons. The molecule has 0 aromatic carbocycles. The fraction of sp³-hybridized carbons (Fsp3) is 0.500. The van der Waals surface area contributed by atoms with Crippen molar-refractivity contribution in [2.24, 2.45) is 5.92 Å². The molecule has 1 fully saturated rings. The Morgan fingerprint density at radius 2 is 2.24 bits per heavy atom. The standard InChI is InChI=1S/C16H21N3O2/c1-3-11-6-7-17-9-13(11)16-19-10-14(21-16)12-4-5-15(20-2)18-8-12/h4-5,8,10-11,13,17H,3,6-7,9H2,1-2H3. The minimum atomic E-state index is 0.365. The zero-order chi connectivity index (χ0) is 14.7. The van der Waals surface area contributed by atoms with Crippen molar-refractivity contribution in [2.75, 3.05) is 20.2 Å². The van der Waals surface area contributed by atoms with E-state index in [9.17, 15) is 0 Å². The molecule has 21 heavy (non-hydrogen) atoms. The van der Waals surface area contributed by atoms with Gasteiger partial charge in [-0.3, -0.25) is 0 Å². The van der Waals surface area contributed by atoms with Gasteiger partial charge in [-0.05, 0) is 24.9 Å². The van der Waals surface area contributed by atoms with E-state index in [1.165, 1.54) is 6.42 Å². The van der Waals surface area contributed by atoms with Crippen LogP contribution in [-0.2, 0) is 0 Å². The second-order valence-corrected chi connectivity index (χ2v) is 5.42. The van der Waals surface area contributed by atoms with Crippen molar-refractivity contribution >= 4 is 0 Å². The molecule has 3 heterocycles. The van der Waals surface area contributed by atoms with E-state index in [1.54, 1.807) is 19.5 Å². The normalized spacial score (nSPS) is 22.2. The molecule has 3 rings (SSSR count). The fourth-order valence-corrected chi connectivity index (χ4v) is 2.93. The first-order chi connectivity index (χ1) is 10.3. The predicted molar refractivity (Wildman–Crippen MR) is 80.3 cm³/mol. The van der Waals surface area contributed by atoms with Crippen molar-refractivity contribution in [3.63, 3.8) is 0 Å². The Balaban J connectivity index is 1.81. The second-order valence-electron chi connectivity index (χ2n) is 5.42. The molecule has 5 heteroatoms. The molecule has 0 aliphatic carbocycles. The Kier molecular flexibility index (Phi) is 4.20. The molecule has 0 bridgehead atoms. The number of ether oxygens (including phenoxy) is 1. The lowest BCUT2D eigenvalue weighted by Gasteiger charge is -2.29. The van der Waals surface area contributed by atoms with Crippen molar-refractivity contribution in [3.05, 3.63) is 30.4 Å². The predicted octanol–water partition coefficient (Wildman–Crippen LogP) is 2.85. The number of nitrogens with zero attached hydrogens (tertiary/aromatic N) is 2. The van der Waals surface area contributed by atoms with Crippen LogP contribution in [0.2, 0.25) is 0 Å². The average Bonchev–Trinajstić information content (AvgIpc) is 3.04. The van der Waals surface area contributed by atoms with Gasteiger partial charge >= 0.3 is 0 Å². The van der Waals surface area contributed by atoms with Gasteiger partial charge in [0.2, 0.25) is 5.88 Å². The zero-order valence-corrected chi connectivity index (χ0v) is 12.5. The van der Waals surface area contributed by atoms with Gasteiger partial charge in [-0.15, -0.1) is 0 Å². The summed E-state index contributed by atoms with van der Waals surface area (Å²) in [6.45, 7) is 4.27. The molecule has 1 aliphatic rings. The molecular weight excluding hydrogens is 266 g/mol. The second kappa shape index (κ2) is 6.26. The van der Waals surface area contributed by atoms with Gasteiger partial charge in [-0.1, -0.05) is 13.3 Å². The minimum absolute atomic E-state index is 0.365. The van der Waals surface area contributed by atoms with Crippen LogP contribution in [0.4, 0.5) is 0 Å². The monoisotopic (exact) mass is 287 g/mol. The largest absolute Gasteiger partial charge is 0.481 e. The van der Waals surface area contributed by atoms with Gasteiger partial charge in [0, 0.05) is 24.4 Å². The first-order valence-electron chi connectivity index (χ1n) is 7.48. The number of methoxy groups -OCH3 is 1. The number of hydrogen-bond acceptors (Lipinski definition) is 5. The zero-order valence-electron chi connectivity index (χ0n) is 12.5. The number of pyridine rings is 1. The Hall–Kier alpha value is -1.88. The Labute approximate surface area is 124 Å². The molecule has 0 amide bonds. The number of oxazole rings is 1. The van der Waals surface area contributed by atoms with E-state index in [4.69, 9.17) is 9.15 Å². The number of hydrogen-bond donors (Lipinski definition) is 1. The average molecular weight is 287 g/mol. The van der Waals surface area contributed by atoms with E-state index in [0.717, 1.165) is 36.7 Å².